The maximum atomic E-state index is 12.3. The second kappa shape index (κ2) is 7.63. The second-order valence-corrected chi connectivity index (χ2v) is 6.74. The normalized spacial score (nSPS) is 13.5. The summed E-state index contributed by atoms with van der Waals surface area (Å²) >= 11 is 3.24. The van der Waals surface area contributed by atoms with Crippen LogP contribution in [0.2, 0.25) is 0 Å². The maximum Gasteiger partial charge on any atom is 0.573 e. The SMILES string of the molecule is O=C(CCN1C(=O)c2ccc(Br)cc2C1=O)Nc1ccc(OC(F)(F)F)cc1. The fourth-order valence-corrected chi connectivity index (χ4v) is 3.00. The number of rotatable bonds is 5. The molecule has 1 heterocycles. The van der Waals surface area contributed by atoms with Gasteiger partial charge in [0.15, 0.2) is 0 Å². The number of anilines is 1. The average molecular weight is 457 g/mol. The van der Waals surface area contributed by atoms with Gasteiger partial charge in [-0.3, -0.25) is 19.3 Å². The fraction of sp³-hybridized carbons (Fsp3) is 0.167. The van der Waals surface area contributed by atoms with Gasteiger partial charge in [-0.1, -0.05) is 15.9 Å². The van der Waals surface area contributed by atoms with E-state index < -0.39 is 29.8 Å². The van der Waals surface area contributed by atoms with Crippen molar-refractivity contribution in [2.75, 3.05) is 11.9 Å². The van der Waals surface area contributed by atoms with Crippen LogP contribution in [0.1, 0.15) is 27.1 Å². The van der Waals surface area contributed by atoms with Crippen molar-refractivity contribution in [2.24, 2.45) is 0 Å². The third kappa shape index (κ3) is 4.50. The van der Waals surface area contributed by atoms with Gasteiger partial charge in [-0.25, -0.2) is 0 Å². The lowest BCUT2D eigenvalue weighted by Gasteiger charge is -2.14. The van der Waals surface area contributed by atoms with Gasteiger partial charge in [0.25, 0.3) is 11.8 Å². The van der Waals surface area contributed by atoms with E-state index in [4.69, 9.17) is 0 Å². The maximum absolute atomic E-state index is 12.3. The molecule has 2 aromatic rings. The van der Waals surface area contributed by atoms with Gasteiger partial charge in [-0.05, 0) is 42.5 Å². The van der Waals surface area contributed by atoms with E-state index in [-0.39, 0.29) is 29.8 Å². The summed E-state index contributed by atoms with van der Waals surface area (Å²) in [7, 11) is 0. The topological polar surface area (TPSA) is 75.7 Å². The number of hydrogen-bond acceptors (Lipinski definition) is 4. The minimum atomic E-state index is -4.80. The zero-order chi connectivity index (χ0) is 20.5. The molecule has 0 saturated heterocycles. The zero-order valence-corrected chi connectivity index (χ0v) is 15.6. The Kier molecular flexibility index (Phi) is 5.41. The van der Waals surface area contributed by atoms with E-state index in [2.05, 4.69) is 26.0 Å². The van der Waals surface area contributed by atoms with Crippen molar-refractivity contribution in [3.05, 3.63) is 58.1 Å². The lowest BCUT2D eigenvalue weighted by molar-refractivity contribution is -0.274. The Balaban J connectivity index is 1.56. The smallest absolute Gasteiger partial charge is 0.406 e. The number of hydrogen-bond donors (Lipinski definition) is 1. The first-order valence-electron chi connectivity index (χ1n) is 7.95. The number of amides is 3. The molecule has 0 fully saturated rings. The number of nitrogens with one attached hydrogen (secondary N) is 1. The quantitative estimate of drug-likeness (QED) is 0.690. The van der Waals surface area contributed by atoms with Crippen LogP contribution in [-0.2, 0) is 4.79 Å². The van der Waals surface area contributed by atoms with Gasteiger partial charge in [0.05, 0.1) is 11.1 Å². The van der Waals surface area contributed by atoms with Gasteiger partial charge in [-0.15, -0.1) is 13.2 Å². The Labute approximate surface area is 165 Å². The molecular formula is C18H12BrF3N2O4. The minimum absolute atomic E-state index is 0.120. The highest BCUT2D eigenvalue weighted by Crippen LogP contribution is 2.26. The highest BCUT2D eigenvalue weighted by Gasteiger charge is 2.35. The van der Waals surface area contributed by atoms with E-state index in [1.54, 1.807) is 12.1 Å². The number of fused-ring (bicyclic) bond motifs is 1. The molecule has 0 spiro atoms. The van der Waals surface area contributed by atoms with E-state index in [0.29, 0.717) is 4.47 Å². The van der Waals surface area contributed by atoms with Gasteiger partial charge < -0.3 is 10.1 Å². The Morgan fingerprint density at radius 1 is 1.04 bits per heavy atom. The molecule has 6 nitrogen and oxygen atoms in total. The van der Waals surface area contributed by atoms with E-state index in [0.717, 1.165) is 17.0 Å². The zero-order valence-electron chi connectivity index (χ0n) is 14.0. The van der Waals surface area contributed by atoms with Gasteiger partial charge in [0, 0.05) is 23.1 Å². The number of nitrogens with zero attached hydrogens (tertiary/aromatic N) is 1. The first kappa shape index (κ1) is 19.9. The van der Waals surface area contributed by atoms with Crippen LogP contribution >= 0.6 is 15.9 Å². The molecule has 2 aromatic carbocycles. The van der Waals surface area contributed by atoms with Crippen molar-refractivity contribution in [2.45, 2.75) is 12.8 Å². The highest BCUT2D eigenvalue weighted by atomic mass is 79.9. The van der Waals surface area contributed by atoms with Gasteiger partial charge >= 0.3 is 6.36 Å². The summed E-state index contributed by atoms with van der Waals surface area (Å²) in [6.07, 6.45) is -4.96. The number of halogens is 4. The monoisotopic (exact) mass is 456 g/mol. The molecule has 10 heteroatoms. The van der Waals surface area contributed by atoms with Crippen molar-refractivity contribution in [3.8, 4) is 5.75 Å². The van der Waals surface area contributed by atoms with E-state index in [1.165, 1.54) is 18.2 Å². The van der Waals surface area contributed by atoms with Gasteiger partial charge in [0.2, 0.25) is 5.91 Å². The summed E-state index contributed by atoms with van der Waals surface area (Å²) in [6, 6.07) is 9.34. The van der Waals surface area contributed by atoms with Crippen molar-refractivity contribution < 1.29 is 32.3 Å². The number of benzene rings is 2. The Morgan fingerprint density at radius 3 is 2.32 bits per heavy atom. The number of imide groups is 1. The molecular weight excluding hydrogens is 445 g/mol. The summed E-state index contributed by atoms with van der Waals surface area (Å²) in [5, 5.41) is 2.48. The molecule has 28 heavy (non-hydrogen) atoms. The summed E-state index contributed by atoms with van der Waals surface area (Å²) in [6.45, 7) is -0.120. The average Bonchev–Trinajstić information content (AvgIpc) is 2.84. The molecule has 0 atom stereocenters. The molecule has 0 aliphatic carbocycles. The van der Waals surface area contributed by atoms with E-state index in [9.17, 15) is 27.6 Å². The second-order valence-electron chi connectivity index (χ2n) is 5.82. The molecule has 0 bridgehead atoms. The van der Waals surface area contributed by atoms with Crippen molar-refractivity contribution in [1.29, 1.82) is 0 Å². The van der Waals surface area contributed by atoms with Crippen LogP contribution in [0.4, 0.5) is 18.9 Å². The van der Waals surface area contributed by atoms with Crippen LogP contribution in [0.25, 0.3) is 0 Å². The molecule has 1 aliphatic rings. The summed E-state index contributed by atoms with van der Waals surface area (Å²) in [4.78, 5) is 37.6. The number of alkyl halides is 3. The van der Waals surface area contributed by atoms with Crippen LogP contribution in [0.5, 0.6) is 5.75 Å². The summed E-state index contributed by atoms with van der Waals surface area (Å²) in [5.41, 5.74) is 0.791. The van der Waals surface area contributed by atoms with Gasteiger partial charge in [0.1, 0.15) is 5.75 Å². The third-order valence-electron chi connectivity index (χ3n) is 3.87. The van der Waals surface area contributed by atoms with E-state index in [1.807, 2.05) is 0 Å². The number of carbonyl (C=O) groups excluding carboxylic acids is 3. The number of carbonyl (C=O) groups is 3. The highest BCUT2D eigenvalue weighted by molar-refractivity contribution is 9.10. The molecule has 3 rings (SSSR count). The fourth-order valence-electron chi connectivity index (χ4n) is 2.64. The van der Waals surface area contributed by atoms with Crippen molar-refractivity contribution in [1.82, 2.24) is 4.90 Å². The van der Waals surface area contributed by atoms with Crippen molar-refractivity contribution >= 4 is 39.3 Å². The Hall–Kier alpha value is -2.88. The summed E-state index contributed by atoms with van der Waals surface area (Å²) < 4.78 is 40.8. The van der Waals surface area contributed by atoms with Gasteiger partial charge in [-0.2, -0.15) is 0 Å². The molecule has 3 amide bonds. The molecule has 146 valence electrons. The lowest BCUT2D eigenvalue weighted by Crippen LogP contribution is -2.32. The Bertz CT molecular complexity index is 945. The standard InChI is InChI=1S/C18H12BrF3N2O4/c19-10-1-6-13-14(9-10)17(27)24(16(13)26)8-7-15(25)23-11-2-4-12(5-3-11)28-18(20,21)22/h1-6,9H,7-8H2,(H,23,25). The molecule has 0 radical (unpaired) electrons. The molecule has 0 unspecified atom stereocenters. The van der Waals surface area contributed by atoms with Crippen LogP contribution < -0.4 is 10.1 Å². The predicted molar refractivity (Wildman–Crippen MR) is 95.9 cm³/mol. The van der Waals surface area contributed by atoms with Crippen LogP contribution in [0.15, 0.2) is 46.9 Å². The molecule has 1 N–H and O–H groups in total. The molecule has 0 aromatic heterocycles. The molecule has 0 saturated carbocycles. The van der Waals surface area contributed by atoms with E-state index >= 15 is 0 Å². The van der Waals surface area contributed by atoms with Crippen molar-refractivity contribution in [3.63, 3.8) is 0 Å². The first-order chi connectivity index (χ1) is 13.1. The van der Waals surface area contributed by atoms with Crippen LogP contribution in [0.3, 0.4) is 0 Å². The lowest BCUT2D eigenvalue weighted by atomic mass is 10.1. The number of ether oxygens (including phenoxy) is 1. The van der Waals surface area contributed by atoms with Crippen LogP contribution in [0, 0.1) is 0 Å². The third-order valence-corrected chi connectivity index (χ3v) is 4.36. The largest absolute Gasteiger partial charge is 0.573 e. The first-order valence-corrected chi connectivity index (χ1v) is 8.75. The predicted octanol–water partition coefficient (Wildman–Crippen LogP) is 3.97. The minimum Gasteiger partial charge on any atom is -0.406 e. The summed E-state index contributed by atoms with van der Waals surface area (Å²) in [5.74, 6) is -1.87. The van der Waals surface area contributed by atoms with Crippen LogP contribution in [-0.4, -0.2) is 35.5 Å². The molecule has 1 aliphatic heterocycles. The Morgan fingerprint density at radius 2 is 1.68 bits per heavy atom.